The number of nitrogens with zero attached hydrogens (tertiary/aromatic N) is 2. The van der Waals surface area contributed by atoms with E-state index in [1.54, 1.807) is 12.1 Å². The molecule has 2 aromatic rings. The molecular weight excluding hydrogens is 316 g/mol. The lowest BCUT2D eigenvalue weighted by molar-refractivity contribution is 0.101. The van der Waals surface area contributed by atoms with E-state index in [1.165, 1.54) is 6.33 Å². The third-order valence-corrected chi connectivity index (χ3v) is 3.17. The second kappa shape index (κ2) is 4.88. The van der Waals surface area contributed by atoms with Gasteiger partial charge in [-0.25, -0.2) is 4.98 Å². The SMILES string of the molecule is O=C(Nc1cc2c(cc1Br)OCCO2)c1ncn[nH]1. The van der Waals surface area contributed by atoms with Gasteiger partial charge in [-0.1, -0.05) is 0 Å². The first kappa shape index (κ1) is 12.0. The summed E-state index contributed by atoms with van der Waals surface area (Å²) in [6, 6.07) is 3.46. The van der Waals surface area contributed by atoms with Crippen molar-refractivity contribution in [2.24, 2.45) is 0 Å². The Morgan fingerprint density at radius 3 is 2.74 bits per heavy atom. The van der Waals surface area contributed by atoms with Crippen LogP contribution in [0.25, 0.3) is 0 Å². The molecule has 3 rings (SSSR count). The van der Waals surface area contributed by atoms with Crippen LogP contribution >= 0.6 is 15.9 Å². The molecule has 0 bridgehead atoms. The summed E-state index contributed by atoms with van der Waals surface area (Å²) in [5.41, 5.74) is 0.575. The van der Waals surface area contributed by atoms with Gasteiger partial charge < -0.3 is 14.8 Å². The molecule has 1 amide bonds. The zero-order valence-corrected chi connectivity index (χ0v) is 11.2. The Balaban J connectivity index is 1.87. The number of ether oxygens (including phenoxy) is 2. The fourth-order valence-corrected chi connectivity index (χ4v) is 2.08. The molecule has 1 aromatic heterocycles. The highest BCUT2D eigenvalue weighted by atomic mass is 79.9. The van der Waals surface area contributed by atoms with Gasteiger partial charge in [0.15, 0.2) is 11.5 Å². The molecule has 8 heteroatoms. The molecule has 1 aliphatic rings. The highest BCUT2D eigenvalue weighted by Crippen LogP contribution is 2.38. The van der Waals surface area contributed by atoms with Crippen LogP contribution < -0.4 is 14.8 Å². The van der Waals surface area contributed by atoms with E-state index >= 15 is 0 Å². The van der Waals surface area contributed by atoms with Gasteiger partial charge in [-0.15, -0.1) is 0 Å². The third kappa shape index (κ3) is 2.39. The zero-order valence-electron chi connectivity index (χ0n) is 9.64. The fourth-order valence-electron chi connectivity index (χ4n) is 1.66. The number of amides is 1. The van der Waals surface area contributed by atoms with Crippen molar-refractivity contribution in [1.82, 2.24) is 15.2 Å². The number of benzene rings is 1. The Morgan fingerprint density at radius 2 is 2.05 bits per heavy atom. The summed E-state index contributed by atoms with van der Waals surface area (Å²) in [6.45, 7) is 1.01. The quantitative estimate of drug-likeness (QED) is 0.875. The van der Waals surface area contributed by atoms with Crippen molar-refractivity contribution in [3.63, 3.8) is 0 Å². The first-order valence-electron chi connectivity index (χ1n) is 5.50. The lowest BCUT2D eigenvalue weighted by Crippen LogP contribution is -2.17. The fraction of sp³-hybridized carbons (Fsp3) is 0.182. The van der Waals surface area contributed by atoms with Crippen LogP contribution in [0.3, 0.4) is 0 Å². The number of halogens is 1. The lowest BCUT2D eigenvalue weighted by atomic mass is 10.2. The summed E-state index contributed by atoms with van der Waals surface area (Å²) in [5, 5.41) is 8.83. The van der Waals surface area contributed by atoms with Crippen molar-refractivity contribution < 1.29 is 14.3 Å². The van der Waals surface area contributed by atoms with Crippen LogP contribution in [0.15, 0.2) is 22.9 Å². The monoisotopic (exact) mass is 324 g/mol. The predicted octanol–water partition coefficient (Wildman–Crippen LogP) is 1.59. The molecule has 0 radical (unpaired) electrons. The van der Waals surface area contributed by atoms with Crippen molar-refractivity contribution in [2.75, 3.05) is 18.5 Å². The summed E-state index contributed by atoms with van der Waals surface area (Å²) in [4.78, 5) is 15.6. The van der Waals surface area contributed by atoms with Gasteiger partial charge in [0.2, 0.25) is 5.82 Å². The molecule has 0 saturated carbocycles. The van der Waals surface area contributed by atoms with Crippen molar-refractivity contribution in [1.29, 1.82) is 0 Å². The average Bonchev–Trinajstić information content (AvgIpc) is 2.93. The largest absolute Gasteiger partial charge is 0.486 e. The van der Waals surface area contributed by atoms with Crippen molar-refractivity contribution >= 4 is 27.5 Å². The van der Waals surface area contributed by atoms with E-state index < -0.39 is 0 Å². The molecule has 1 aromatic carbocycles. The Bertz CT molecular complexity index is 615. The second-order valence-corrected chi connectivity index (χ2v) is 4.62. The number of aromatic amines is 1. The van der Waals surface area contributed by atoms with Gasteiger partial charge >= 0.3 is 0 Å². The van der Waals surface area contributed by atoms with Crippen LogP contribution in [-0.2, 0) is 0 Å². The molecule has 0 aliphatic carbocycles. The molecule has 0 saturated heterocycles. The van der Waals surface area contributed by atoms with Crippen LogP contribution in [0.1, 0.15) is 10.6 Å². The van der Waals surface area contributed by atoms with Gasteiger partial charge in [0.05, 0.1) is 5.69 Å². The molecule has 98 valence electrons. The maximum Gasteiger partial charge on any atom is 0.293 e. The van der Waals surface area contributed by atoms with Gasteiger partial charge in [-0.2, -0.15) is 5.10 Å². The maximum atomic E-state index is 11.9. The lowest BCUT2D eigenvalue weighted by Gasteiger charge is -2.19. The van der Waals surface area contributed by atoms with Crippen LogP contribution in [0.5, 0.6) is 11.5 Å². The minimum Gasteiger partial charge on any atom is -0.486 e. The number of carbonyl (C=O) groups is 1. The van der Waals surface area contributed by atoms with Gasteiger partial charge in [-0.05, 0) is 15.9 Å². The molecule has 2 heterocycles. The van der Waals surface area contributed by atoms with E-state index in [2.05, 4.69) is 36.4 Å². The standard InChI is InChI=1S/C11H9BrN4O3/c12-6-3-8-9(19-2-1-18-8)4-7(6)15-11(17)10-13-5-14-16-10/h3-5H,1-2H2,(H,15,17)(H,13,14,16). The number of aromatic nitrogens is 3. The van der Waals surface area contributed by atoms with Gasteiger partial charge in [0, 0.05) is 16.6 Å². The summed E-state index contributed by atoms with van der Waals surface area (Å²) in [7, 11) is 0. The molecule has 0 spiro atoms. The minimum atomic E-state index is -0.380. The molecule has 2 N–H and O–H groups in total. The number of hydrogen-bond donors (Lipinski definition) is 2. The summed E-state index contributed by atoms with van der Waals surface area (Å²) < 4.78 is 11.6. The number of hydrogen-bond acceptors (Lipinski definition) is 5. The van der Waals surface area contributed by atoms with Gasteiger partial charge in [-0.3, -0.25) is 9.89 Å². The first-order valence-corrected chi connectivity index (χ1v) is 6.29. The van der Waals surface area contributed by atoms with Crippen LogP contribution in [0, 0.1) is 0 Å². The topological polar surface area (TPSA) is 89.1 Å². The molecule has 19 heavy (non-hydrogen) atoms. The predicted molar refractivity (Wildman–Crippen MR) is 69.5 cm³/mol. The average molecular weight is 325 g/mol. The van der Waals surface area contributed by atoms with Crippen LogP contribution in [0.2, 0.25) is 0 Å². The van der Waals surface area contributed by atoms with E-state index in [1.807, 2.05) is 0 Å². The van der Waals surface area contributed by atoms with Crippen molar-refractivity contribution in [3.8, 4) is 11.5 Å². The summed E-state index contributed by atoms with van der Waals surface area (Å²) >= 11 is 3.37. The number of rotatable bonds is 2. The van der Waals surface area contributed by atoms with Crippen molar-refractivity contribution in [2.45, 2.75) is 0 Å². The smallest absolute Gasteiger partial charge is 0.293 e. The summed E-state index contributed by atoms with van der Waals surface area (Å²) in [6.07, 6.45) is 1.27. The Labute approximate surface area is 116 Å². The third-order valence-electron chi connectivity index (χ3n) is 2.51. The van der Waals surface area contributed by atoms with E-state index in [-0.39, 0.29) is 11.7 Å². The summed E-state index contributed by atoms with van der Waals surface area (Å²) in [5.74, 6) is 1.01. The molecule has 1 aliphatic heterocycles. The number of H-pyrrole nitrogens is 1. The molecule has 7 nitrogen and oxygen atoms in total. The maximum absolute atomic E-state index is 11.9. The number of fused-ring (bicyclic) bond motifs is 1. The van der Waals surface area contributed by atoms with E-state index in [0.717, 1.165) is 0 Å². The second-order valence-electron chi connectivity index (χ2n) is 3.76. The number of nitrogens with one attached hydrogen (secondary N) is 2. The van der Waals surface area contributed by atoms with E-state index in [9.17, 15) is 4.79 Å². The zero-order chi connectivity index (χ0) is 13.2. The van der Waals surface area contributed by atoms with E-state index in [4.69, 9.17) is 9.47 Å². The highest BCUT2D eigenvalue weighted by molar-refractivity contribution is 9.10. The molecular formula is C11H9BrN4O3. The van der Waals surface area contributed by atoms with E-state index in [0.29, 0.717) is 34.9 Å². The minimum absolute atomic E-state index is 0.141. The van der Waals surface area contributed by atoms with Crippen LogP contribution in [0.4, 0.5) is 5.69 Å². The Morgan fingerprint density at radius 1 is 1.32 bits per heavy atom. The van der Waals surface area contributed by atoms with Gasteiger partial charge in [0.1, 0.15) is 19.5 Å². The van der Waals surface area contributed by atoms with Gasteiger partial charge in [0.25, 0.3) is 5.91 Å². The highest BCUT2D eigenvalue weighted by Gasteiger charge is 2.17. The van der Waals surface area contributed by atoms with Crippen molar-refractivity contribution in [3.05, 3.63) is 28.8 Å². The number of carbonyl (C=O) groups excluding carboxylic acids is 1. The Hall–Kier alpha value is -2.09. The van der Waals surface area contributed by atoms with Crippen LogP contribution in [-0.4, -0.2) is 34.3 Å². The Kier molecular flexibility index (Phi) is 3.08. The molecule has 0 unspecified atom stereocenters. The first-order chi connectivity index (χ1) is 9.24. The molecule has 0 fully saturated rings. The molecule has 0 atom stereocenters. The normalized spacial score (nSPS) is 13.1. The number of anilines is 1.